The zero-order valence-electron chi connectivity index (χ0n) is 7.48. The molecule has 1 heterocycles. The summed E-state index contributed by atoms with van der Waals surface area (Å²) < 4.78 is 0. The summed E-state index contributed by atoms with van der Waals surface area (Å²) in [5, 5.41) is 9.37. The Labute approximate surface area is 77.8 Å². The molecule has 1 aromatic rings. The highest BCUT2D eigenvalue weighted by Crippen LogP contribution is 2.25. The highest BCUT2D eigenvalue weighted by molar-refractivity contribution is 5.67. The van der Waals surface area contributed by atoms with Crippen LogP contribution >= 0.6 is 0 Å². The van der Waals surface area contributed by atoms with Crippen molar-refractivity contribution in [1.29, 1.82) is 0 Å². The van der Waals surface area contributed by atoms with Crippen molar-refractivity contribution in [2.45, 2.75) is 12.5 Å². The fourth-order valence-electron chi connectivity index (χ4n) is 1.74. The zero-order chi connectivity index (χ0) is 9.26. The lowest BCUT2D eigenvalue weighted by molar-refractivity contribution is 0.198. The van der Waals surface area contributed by atoms with E-state index in [0.29, 0.717) is 6.54 Å². The average Bonchev–Trinajstić information content (AvgIpc) is 2.53. The van der Waals surface area contributed by atoms with Gasteiger partial charge in [0.15, 0.2) is 0 Å². The van der Waals surface area contributed by atoms with E-state index in [4.69, 9.17) is 5.73 Å². The molecule has 1 fully saturated rings. The molecule has 1 aliphatic rings. The quantitative estimate of drug-likeness (QED) is 0.626. The first-order valence-corrected chi connectivity index (χ1v) is 4.55. The van der Waals surface area contributed by atoms with Crippen LogP contribution in [-0.2, 0) is 0 Å². The van der Waals surface area contributed by atoms with E-state index in [1.165, 1.54) is 0 Å². The van der Waals surface area contributed by atoms with E-state index in [1.54, 1.807) is 0 Å². The Morgan fingerprint density at radius 3 is 2.77 bits per heavy atom. The first-order chi connectivity index (χ1) is 6.27. The topological polar surface area (TPSA) is 49.5 Å². The smallest absolute Gasteiger partial charge is 0.0731 e. The molecule has 3 heteroatoms. The third kappa shape index (κ3) is 1.60. The van der Waals surface area contributed by atoms with E-state index in [-0.39, 0.29) is 6.10 Å². The van der Waals surface area contributed by atoms with Gasteiger partial charge in [0, 0.05) is 13.1 Å². The van der Waals surface area contributed by atoms with Gasteiger partial charge in [0.2, 0.25) is 0 Å². The lowest BCUT2D eigenvalue weighted by Gasteiger charge is -2.19. The Morgan fingerprint density at radius 1 is 1.38 bits per heavy atom. The van der Waals surface area contributed by atoms with Crippen LogP contribution in [-0.4, -0.2) is 24.3 Å². The molecule has 0 amide bonds. The molecule has 3 N–H and O–H groups in total. The van der Waals surface area contributed by atoms with Crippen LogP contribution in [0.25, 0.3) is 0 Å². The van der Waals surface area contributed by atoms with Crippen molar-refractivity contribution in [3.63, 3.8) is 0 Å². The van der Waals surface area contributed by atoms with Crippen LogP contribution in [0.1, 0.15) is 6.42 Å². The standard InChI is InChI=1S/C10H14N2O/c11-9-3-1-2-4-10(9)12-6-5-8(13)7-12/h1-4,8,13H,5-7,11H2/t8-/m0/s1. The molecule has 3 nitrogen and oxygen atoms in total. The lowest BCUT2D eigenvalue weighted by Crippen LogP contribution is -2.21. The molecule has 0 spiro atoms. The molecule has 1 aliphatic heterocycles. The summed E-state index contributed by atoms with van der Waals surface area (Å²) in [7, 11) is 0. The number of nitrogens with zero attached hydrogens (tertiary/aromatic N) is 1. The second-order valence-electron chi connectivity index (χ2n) is 3.45. The van der Waals surface area contributed by atoms with Gasteiger partial charge in [-0.1, -0.05) is 12.1 Å². The number of hydrogen-bond acceptors (Lipinski definition) is 3. The van der Waals surface area contributed by atoms with Crippen LogP contribution in [0, 0.1) is 0 Å². The normalized spacial score (nSPS) is 22.2. The third-order valence-electron chi connectivity index (χ3n) is 2.44. The molecule has 0 aliphatic carbocycles. The second-order valence-corrected chi connectivity index (χ2v) is 3.45. The molecule has 1 aromatic carbocycles. The molecular weight excluding hydrogens is 164 g/mol. The highest BCUT2D eigenvalue weighted by Gasteiger charge is 2.21. The Kier molecular flexibility index (Phi) is 2.10. The van der Waals surface area contributed by atoms with E-state index < -0.39 is 0 Å². The summed E-state index contributed by atoms with van der Waals surface area (Å²) in [5.74, 6) is 0. The molecule has 13 heavy (non-hydrogen) atoms. The first-order valence-electron chi connectivity index (χ1n) is 4.55. The lowest BCUT2D eigenvalue weighted by atomic mass is 10.2. The van der Waals surface area contributed by atoms with Crippen LogP contribution in [0.2, 0.25) is 0 Å². The molecule has 0 saturated carbocycles. The molecule has 70 valence electrons. The number of anilines is 2. The van der Waals surface area contributed by atoms with Gasteiger partial charge >= 0.3 is 0 Å². The number of nitrogens with two attached hydrogens (primary N) is 1. The van der Waals surface area contributed by atoms with Crippen molar-refractivity contribution >= 4 is 11.4 Å². The summed E-state index contributed by atoms with van der Waals surface area (Å²) in [6.07, 6.45) is 0.647. The van der Waals surface area contributed by atoms with E-state index in [0.717, 1.165) is 24.3 Å². The molecule has 2 rings (SSSR count). The largest absolute Gasteiger partial charge is 0.397 e. The van der Waals surface area contributed by atoms with Gasteiger partial charge in [-0.3, -0.25) is 0 Å². The van der Waals surface area contributed by atoms with Gasteiger partial charge in [-0.05, 0) is 18.6 Å². The minimum atomic E-state index is -0.195. The molecular formula is C10H14N2O. The van der Waals surface area contributed by atoms with Crippen molar-refractivity contribution in [2.75, 3.05) is 23.7 Å². The predicted molar refractivity (Wildman–Crippen MR) is 53.7 cm³/mol. The van der Waals surface area contributed by atoms with E-state index >= 15 is 0 Å². The van der Waals surface area contributed by atoms with Crippen molar-refractivity contribution in [3.8, 4) is 0 Å². The summed E-state index contributed by atoms with van der Waals surface area (Å²) in [5.41, 5.74) is 7.65. The Bertz CT molecular complexity index is 301. The Morgan fingerprint density at radius 2 is 2.15 bits per heavy atom. The van der Waals surface area contributed by atoms with Crippen LogP contribution < -0.4 is 10.6 Å². The average molecular weight is 178 g/mol. The van der Waals surface area contributed by atoms with Crippen molar-refractivity contribution < 1.29 is 5.11 Å². The fraction of sp³-hybridized carbons (Fsp3) is 0.400. The minimum Gasteiger partial charge on any atom is -0.397 e. The van der Waals surface area contributed by atoms with Crippen LogP contribution in [0.3, 0.4) is 0 Å². The summed E-state index contributed by atoms with van der Waals surface area (Å²) in [6, 6.07) is 7.77. The maximum atomic E-state index is 9.37. The molecule has 0 unspecified atom stereocenters. The third-order valence-corrected chi connectivity index (χ3v) is 2.44. The SMILES string of the molecule is Nc1ccccc1N1CC[C@H](O)C1. The fourth-order valence-corrected chi connectivity index (χ4v) is 1.74. The van der Waals surface area contributed by atoms with Gasteiger partial charge in [-0.15, -0.1) is 0 Å². The summed E-state index contributed by atoms with van der Waals surface area (Å²) >= 11 is 0. The predicted octanol–water partition coefficient (Wildman–Crippen LogP) is 0.840. The summed E-state index contributed by atoms with van der Waals surface area (Å²) in [6.45, 7) is 1.60. The van der Waals surface area contributed by atoms with Crippen LogP contribution in [0.5, 0.6) is 0 Å². The van der Waals surface area contributed by atoms with E-state index in [2.05, 4.69) is 4.90 Å². The van der Waals surface area contributed by atoms with Gasteiger partial charge < -0.3 is 15.7 Å². The Hall–Kier alpha value is -1.22. The number of hydrogen-bond donors (Lipinski definition) is 2. The molecule has 1 atom stereocenters. The van der Waals surface area contributed by atoms with Gasteiger partial charge in [0.25, 0.3) is 0 Å². The van der Waals surface area contributed by atoms with Gasteiger partial charge in [0.05, 0.1) is 17.5 Å². The first kappa shape index (κ1) is 8.38. The zero-order valence-corrected chi connectivity index (χ0v) is 7.48. The molecule has 0 radical (unpaired) electrons. The molecule has 1 saturated heterocycles. The molecule has 0 aromatic heterocycles. The number of benzene rings is 1. The van der Waals surface area contributed by atoms with Gasteiger partial charge in [-0.2, -0.15) is 0 Å². The van der Waals surface area contributed by atoms with Crippen LogP contribution in [0.4, 0.5) is 11.4 Å². The van der Waals surface area contributed by atoms with Crippen LogP contribution in [0.15, 0.2) is 24.3 Å². The van der Waals surface area contributed by atoms with Gasteiger partial charge in [-0.25, -0.2) is 0 Å². The maximum Gasteiger partial charge on any atom is 0.0731 e. The number of β-amino-alcohol motifs (C(OH)–C–C–N with tert-alkyl or cyclic N) is 1. The second kappa shape index (κ2) is 3.26. The monoisotopic (exact) mass is 178 g/mol. The van der Waals surface area contributed by atoms with E-state index in [1.807, 2.05) is 24.3 Å². The number of aliphatic hydroxyl groups excluding tert-OH is 1. The van der Waals surface area contributed by atoms with Crippen molar-refractivity contribution in [1.82, 2.24) is 0 Å². The van der Waals surface area contributed by atoms with E-state index in [9.17, 15) is 5.11 Å². The number of para-hydroxylation sites is 2. The van der Waals surface area contributed by atoms with Gasteiger partial charge in [0.1, 0.15) is 0 Å². The number of rotatable bonds is 1. The van der Waals surface area contributed by atoms with Crippen molar-refractivity contribution in [3.05, 3.63) is 24.3 Å². The number of nitrogen functional groups attached to an aromatic ring is 1. The number of aliphatic hydroxyl groups is 1. The summed E-state index contributed by atoms with van der Waals surface area (Å²) in [4.78, 5) is 2.12. The van der Waals surface area contributed by atoms with Crippen molar-refractivity contribution in [2.24, 2.45) is 0 Å². The highest BCUT2D eigenvalue weighted by atomic mass is 16.3. The Balaban J connectivity index is 2.21. The minimum absolute atomic E-state index is 0.195. The molecule has 0 bridgehead atoms. The maximum absolute atomic E-state index is 9.37.